The van der Waals surface area contributed by atoms with Gasteiger partial charge in [-0.2, -0.15) is 0 Å². The molecular formula is C16H19N3. The normalized spacial score (nSPS) is 15.8. The highest BCUT2D eigenvalue weighted by Crippen LogP contribution is 2.16. The van der Waals surface area contributed by atoms with Crippen molar-refractivity contribution in [2.24, 2.45) is 0 Å². The highest BCUT2D eigenvalue weighted by Gasteiger charge is 2.13. The molecular weight excluding hydrogens is 234 g/mol. The van der Waals surface area contributed by atoms with Crippen LogP contribution >= 0.6 is 0 Å². The SMILES string of the molecule is Nc1cccc(CN2CCc3ccccc3CC2)n1. The van der Waals surface area contributed by atoms with E-state index in [-0.39, 0.29) is 0 Å². The summed E-state index contributed by atoms with van der Waals surface area (Å²) < 4.78 is 0. The van der Waals surface area contributed by atoms with Gasteiger partial charge in [0.2, 0.25) is 0 Å². The summed E-state index contributed by atoms with van der Waals surface area (Å²) in [5, 5.41) is 0. The van der Waals surface area contributed by atoms with Gasteiger partial charge in [-0.3, -0.25) is 4.90 Å². The van der Waals surface area contributed by atoms with Gasteiger partial charge in [-0.15, -0.1) is 0 Å². The molecule has 0 radical (unpaired) electrons. The second kappa shape index (κ2) is 5.41. The van der Waals surface area contributed by atoms with Crippen LogP contribution in [0.15, 0.2) is 42.5 Å². The van der Waals surface area contributed by atoms with Crippen molar-refractivity contribution in [1.29, 1.82) is 0 Å². The Bertz CT molecular complexity index is 538. The molecule has 2 heterocycles. The maximum atomic E-state index is 5.73. The van der Waals surface area contributed by atoms with Crippen molar-refractivity contribution in [3.05, 3.63) is 59.3 Å². The highest BCUT2D eigenvalue weighted by atomic mass is 15.1. The number of rotatable bonds is 2. The first-order valence-corrected chi connectivity index (χ1v) is 6.82. The first-order chi connectivity index (χ1) is 9.31. The number of anilines is 1. The topological polar surface area (TPSA) is 42.1 Å². The summed E-state index contributed by atoms with van der Waals surface area (Å²) in [7, 11) is 0. The predicted octanol–water partition coefficient (Wildman–Crippen LogP) is 2.26. The Hall–Kier alpha value is -1.87. The van der Waals surface area contributed by atoms with Gasteiger partial charge in [-0.05, 0) is 36.1 Å². The minimum Gasteiger partial charge on any atom is -0.384 e. The summed E-state index contributed by atoms with van der Waals surface area (Å²) in [5.74, 6) is 0.607. The molecule has 19 heavy (non-hydrogen) atoms. The van der Waals surface area contributed by atoms with Crippen molar-refractivity contribution in [1.82, 2.24) is 9.88 Å². The Kier molecular flexibility index (Phi) is 3.47. The van der Waals surface area contributed by atoms with E-state index in [0.717, 1.165) is 38.2 Å². The third kappa shape index (κ3) is 2.93. The van der Waals surface area contributed by atoms with Crippen LogP contribution in [0.25, 0.3) is 0 Å². The number of nitrogens with zero attached hydrogens (tertiary/aromatic N) is 2. The lowest BCUT2D eigenvalue weighted by molar-refractivity contribution is 0.276. The fourth-order valence-corrected chi connectivity index (χ4v) is 2.69. The Morgan fingerprint density at radius 3 is 2.26 bits per heavy atom. The fourth-order valence-electron chi connectivity index (χ4n) is 2.69. The van der Waals surface area contributed by atoms with E-state index in [1.807, 2.05) is 18.2 Å². The third-order valence-electron chi connectivity index (χ3n) is 3.73. The first-order valence-electron chi connectivity index (χ1n) is 6.82. The number of aromatic nitrogens is 1. The zero-order valence-corrected chi connectivity index (χ0v) is 11.0. The number of benzene rings is 1. The molecule has 3 nitrogen and oxygen atoms in total. The Morgan fingerprint density at radius 2 is 1.63 bits per heavy atom. The van der Waals surface area contributed by atoms with Crippen molar-refractivity contribution in [3.63, 3.8) is 0 Å². The van der Waals surface area contributed by atoms with Crippen molar-refractivity contribution in [2.45, 2.75) is 19.4 Å². The number of nitrogen functional groups attached to an aromatic ring is 1. The summed E-state index contributed by atoms with van der Waals surface area (Å²) in [6.07, 6.45) is 2.25. The quantitative estimate of drug-likeness (QED) is 0.892. The highest BCUT2D eigenvalue weighted by molar-refractivity contribution is 5.30. The van der Waals surface area contributed by atoms with Crippen LogP contribution in [0.1, 0.15) is 16.8 Å². The molecule has 1 aromatic heterocycles. The lowest BCUT2D eigenvalue weighted by Crippen LogP contribution is -2.26. The van der Waals surface area contributed by atoms with Crippen LogP contribution in [-0.4, -0.2) is 23.0 Å². The molecule has 1 aromatic carbocycles. The van der Waals surface area contributed by atoms with Crippen LogP contribution in [0.5, 0.6) is 0 Å². The summed E-state index contributed by atoms with van der Waals surface area (Å²) in [5.41, 5.74) is 9.78. The summed E-state index contributed by atoms with van der Waals surface area (Å²) in [4.78, 5) is 6.84. The minimum absolute atomic E-state index is 0.607. The van der Waals surface area contributed by atoms with Crippen LogP contribution in [-0.2, 0) is 19.4 Å². The lowest BCUT2D eigenvalue weighted by Gasteiger charge is -2.19. The molecule has 0 aliphatic carbocycles. The van der Waals surface area contributed by atoms with E-state index in [4.69, 9.17) is 5.73 Å². The molecule has 0 fully saturated rings. The molecule has 1 aliphatic heterocycles. The molecule has 3 heteroatoms. The fraction of sp³-hybridized carbons (Fsp3) is 0.312. The van der Waals surface area contributed by atoms with Gasteiger partial charge < -0.3 is 5.73 Å². The van der Waals surface area contributed by atoms with Crippen LogP contribution < -0.4 is 5.73 Å². The number of nitrogens with two attached hydrogens (primary N) is 1. The Morgan fingerprint density at radius 1 is 0.947 bits per heavy atom. The van der Waals surface area contributed by atoms with Gasteiger partial charge in [0, 0.05) is 19.6 Å². The molecule has 0 unspecified atom stereocenters. The molecule has 3 rings (SSSR count). The lowest BCUT2D eigenvalue weighted by atomic mass is 10.0. The minimum atomic E-state index is 0.607. The molecule has 0 bridgehead atoms. The van der Waals surface area contributed by atoms with E-state index in [0.29, 0.717) is 5.82 Å². The summed E-state index contributed by atoms with van der Waals surface area (Å²) in [6, 6.07) is 14.6. The van der Waals surface area contributed by atoms with Crippen molar-refractivity contribution >= 4 is 5.82 Å². The van der Waals surface area contributed by atoms with E-state index in [1.54, 1.807) is 0 Å². The number of hydrogen-bond donors (Lipinski definition) is 1. The Labute approximate surface area is 114 Å². The second-order valence-electron chi connectivity index (χ2n) is 5.10. The third-order valence-corrected chi connectivity index (χ3v) is 3.73. The first kappa shape index (κ1) is 12.2. The smallest absolute Gasteiger partial charge is 0.123 e. The van der Waals surface area contributed by atoms with Crippen LogP contribution in [0.4, 0.5) is 5.82 Å². The van der Waals surface area contributed by atoms with Crippen molar-refractivity contribution in [3.8, 4) is 0 Å². The van der Waals surface area contributed by atoms with E-state index >= 15 is 0 Å². The molecule has 0 saturated heterocycles. The molecule has 2 N–H and O–H groups in total. The van der Waals surface area contributed by atoms with Gasteiger partial charge in [-0.1, -0.05) is 30.3 Å². The maximum Gasteiger partial charge on any atom is 0.123 e. The van der Waals surface area contributed by atoms with Gasteiger partial charge in [0.15, 0.2) is 0 Å². The average molecular weight is 253 g/mol. The number of pyridine rings is 1. The van der Waals surface area contributed by atoms with E-state index < -0.39 is 0 Å². The zero-order chi connectivity index (χ0) is 13.1. The van der Waals surface area contributed by atoms with E-state index in [1.165, 1.54) is 11.1 Å². The van der Waals surface area contributed by atoms with E-state index in [2.05, 4.69) is 34.1 Å². The van der Waals surface area contributed by atoms with Gasteiger partial charge in [0.1, 0.15) is 5.82 Å². The molecule has 0 saturated carbocycles. The zero-order valence-electron chi connectivity index (χ0n) is 11.0. The molecule has 0 amide bonds. The molecule has 0 atom stereocenters. The largest absolute Gasteiger partial charge is 0.384 e. The molecule has 2 aromatic rings. The van der Waals surface area contributed by atoms with Crippen LogP contribution in [0.3, 0.4) is 0 Å². The van der Waals surface area contributed by atoms with Gasteiger partial charge in [-0.25, -0.2) is 4.98 Å². The van der Waals surface area contributed by atoms with Gasteiger partial charge in [0.25, 0.3) is 0 Å². The maximum absolute atomic E-state index is 5.73. The summed E-state index contributed by atoms with van der Waals surface area (Å²) >= 11 is 0. The second-order valence-corrected chi connectivity index (χ2v) is 5.10. The molecule has 0 spiro atoms. The molecule has 98 valence electrons. The summed E-state index contributed by atoms with van der Waals surface area (Å²) in [6.45, 7) is 3.07. The number of fused-ring (bicyclic) bond motifs is 1. The Balaban J connectivity index is 1.69. The molecule has 1 aliphatic rings. The standard InChI is InChI=1S/C16H19N3/c17-16-7-3-6-15(18-16)12-19-10-8-13-4-1-2-5-14(13)9-11-19/h1-7H,8-12H2,(H2,17,18). The van der Waals surface area contributed by atoms with Crippen molar-refractivity contribution < 1.29 is 0 Å². The van der Waals surface area contributed by atoms with Crippen LogP contribution in [0, 0.1) is 0 Å². The average Bonchev–Trinajstić information content (AvgIpc) is 2.62. The van der Waals surface area contributed by atoms with Crippen LogP contribution in [0.2, 0.25) is 0 Å². The van der Waals surface area contributed by atoms with Crippen molar-refractivity contribution in [2.75, 3.05) is 18.8 Å². The van der Waals surface area contributed by atoms with E-state index in [9.17, 15) is 0 Å². The number of hydrogen-bond acceptors (Lipinski definition) is 3. The monoisotopic (exact) mass is 253 g/mol. The van der Waals surface area contributed by atoms with Gasteiger partial charge >= 0.3 is 0 Å². The predicted molar refractivity (Wildman–Crippen MR) is 77.8 cm³/mol. The van der Waals surface area contributed by atoms with Gasteiger partial charge in [0.05, 0.1) is 5.69 Å².